The second-order valence-corrected chi connectivity index (χ2v) is 3.10. The zero-order valence-electron chi connectivity index (χ0n) is 8.28. The Kier molecular flexibility index (Phi) is 4.30. The predicted molar refractivity (Wildman–Crippen MR) is 53.2 cm³/mol. The summed E-state index contributed by atoms with van der Waals surface area (Å²) < 4.78 is 28.3. The summed E-state index contributed by atoms with van der Waals surface area (Å²) in [7, 11) is 0. The number of hydrogen-bond donors (Lipinski definition) is 2. The second kappa shape index (κ2) is 5.50. The van der Waals surface area contributed by atoms with Crippen LogP contribution in [0.25, 0.3) is 0 Å². The molecule has 1 aromatic carbocycles. The lowest BCUT2D eigenvalue weighted by molar-refractivity contribution is -0.0493. The van der Waals surface area contributed by atoms with Crippen LogP contribution in [0.3, 0.4) is 0 Å². The first-order valence-corrected chi connectivity index (χ1v) is 4.55. The molecule has 1 rings (SSSR count). The molecule has 0 spiro atoms. The summed E-state index contributed by atoms with van der Waals surface area (Å²) in [6.07, 6.45) is -0.551. The van der Waals surface area contributed by atoms with E-state index in [4.69, 9.17) is 5.11 Å². The van der Waals surface area contributed by atoms with Gasteiger partial charge in [0.2, 0.25) is 0 Å². The highest BCUT2D eigenvalue weighted by molar-refractivity contribution is 5.56. The lowest BCUT2D eigenvalue weighted by Gasteiger charge is -2.13. The van der Waals surface area contributed by atoms with E-state index in [1.165, 1.54) is 6.07 Å². The van der Waals surface area contributed by atoms with Crippen molar-refractivity contribution in [1.29, 1.82) is 0 Å². The third-order valence-electron chi connectivity index (χ3n) is 1.69. The van der Waals surface area contributed by atoms with Crippen molar-refractivity contribution in [2.24, 2.45) is 0 Å². The number of hydrogen-bond acceptors (Lipinski definition) is 3. The van der Waals surface area contributed by atoms with Gasteiger partial charge in [-0.2, -0.15) is 8.78 Å². The SMILES string of the molecule is C[C@@H](O)CNc1ccccc1OC(F)F. The van der Waals surface area contributed by atoms with Gasteiger partial charge >= 0.3 is 6.61 Å². The number of ether oxygens (including phenoxy) is 1. The Hall–Kier alpha value is -1.36. The van der Waals surface area contributed by atoms with E-state index in [1.807, 2.05) is 0 Å². The molecule has 0 aliphatic heterocycles. The van der Waals surface area contributed by atoms with Crippen LogP contribution in [0, 0.1) is 0 Å². The molecule has 0 radical (unpaired) electrons. The van der Waals surface area contributed by atoms with Crippen molar-refractivity contribution < 1.29 is 18.6 Å². The molecule has 0 heterocycles. The topological polar surface area (TPSA) is 41.5 Å². The van der Waals surface area contributed by atoms with E-state index in [0.717, 1.165) is 0 Å². The summed E-state index contributed by atoms with van der Waals surface area (Å²) in [6, 6.07) is 6.35. The zero-order valence-corrected chi connectivity index (χ0v) is 8.28. The molecule has 0 unspecified atom stereocenters. The lowest BCUT2D eigenvalue weighted by Crippen LogP contribution is -2.16. The van der Waals surface area contributed by atoms with E-state index >= 15 is 0 Å². The number of anilines is 1. The van der Waals surface area contributed by atoms with E-state index in [-0.39, 0.29) is 12.3 Å². The fourth-order valence-corrected chi connectivity index (χ4v) is 1.07. The van der Waals surface area contributed by atoms with Crippen LogP contribution in [-0.4, -0.2) is 24.4 Å². The minimum Gasteiger partial charge on any atom is -0.433 e. The molecule has 0 saturated carbocycles. The molecule has 0 saturated heterocycles. The first-order valence-electron chi connectivity index (χ1n) is 4.55. The van der Waals surface area contributed by atoms with Crippen LogP contribution in [0.5, 0.6) is 5.75 Å². The standard InChI is InChI=1S/C10H13F2NO2/c1-7(14)6-13-8-4-2-3-5-9(8)15-10(11)12/h2-5,7,10,13-14H,6H2,1H3/t7-/m1/s1. The van der Waals surface area contributed by atoms with Gasteiger partial charge in [0.25, 0.3) is 0 Å². The van der Waals surface area contributed by atoms with Crippen LogP contribution >= 0.6 is 0 Å². The third kappa shape index (κ3) is 4.12. The summed E-state index contributed by atoms with van der Waals surface area (Å²) in [5.41, 5.74) is 0.443. The van der Waals surface area contributed by atoms with Gasteiger partial charge in [0.1, 0.15) is 5.75 Å². The molecule has 84 valence electrons. The zero-order chi connectivity index (χ0) is 11.3. The maximum absolute atomic E-state index is 12.0. The molecule has 0 aromatic heterocycles. The number of rotatable bonds is 5. The van der Waals surface area contributed by atoms with Crippen LogP contribution in [0.2, 0.25) is 0 Å². The predicted octanol–water partition coefficient (Wildman–Crippen LogP) is 2.08. The average Bonchev–Trinajstić information content (AvgIpc) is 2.15. The van der Waals surface area contributed by atoms with Crippen molar-refractivity contribution in [2.45, 2.75) is 19.6 Å². The Balaban J connectivity index is 2.68. The number of benzene rings is 1. The number of aliphatic hydroxyl groups is 1. The number of halogens is 2. The average molecular weight is 217 g/mol. The van der Waals surface area contributed by atoms with Crippen LogP contribution in [0.1, 0.15) is 6.92 Å². The molecule has 1 aromatic rings. The van der Waals surface area contributed by atoms with Crippen molar-refractivity contribution in [2.75, 3.05) is 11.9 Å². The fraction of sp³-hybridized carbons (Fsp3) is 0.400. The molecule has 0 fully saturated rings. The van der Waals surface area contributed by atoms with Gasteiger partial charge in [0.15, 0.2) is 0 Å². The number of aliphatic hydroxyl groups excluding tert-OH is 1. The van der Waals surface area contributed by atoms with Gasteiger partial charge in [-0.1, -0.05) is 12.1 Å². The molecule has 3 nitrogen and oxygen atoms in total. The molecule has 0 aliphatic carbocycles. The minimum atomic E-state index is -2.85. The summed E-state index contributed by atoms with van der Waals surface area (Å²) >= 11 is 0. The molecule has 0 amide bonds. The number of para-hydroxylation sites is 2. The summed E-state index contributed by atoms with van der Waals surface area (Å²) in [4.78, 5) is 0. The monoisotopic (exact) mass is 217 g/mol. The van der Waals surface area contributed by atoms with E-state index in [2.05, 4.69) is 10.1 Å². The highest BCUT2D eigenvalue weighted by Gasteiger charge is 2.08. The second-order valence-electron chi connectivity index (χ2n) is 3.10. The summed E-state index contributed by atoms with van der Waals surface area (Å²) in [5, 5.41) is 11.8. The largest absolute Gasteiger partial charge is 0.433 e. The Morgan fingerprint density at radius 3 is 2.67 bits per heavy atom. The normalized spacial score (nSPS) is 12.6. The molecule has 5 heteroatoms. The van der Waals surface area contributed by atoms with Crippen molar-refractivity contribution in [3.05, 3.63) is 24.3 Å². The highest BCUT2D eigenvalue weighted by Crippen LogP contribution is 2.25. The van der Waals surface area contributed by atoms with Crippen LogP contribution in [-0.2, 0) is 0 Å². The molecule has 15 heavy (non-hydrogen) atoms. The Bertz CT molecular complexity index is 305. The summed E-state index contributed by atoms with van der Waals surface area (Å²) in [6.45, 7) is -0.966. The first kappa shape index (κ1) is 11.7. The van der Waals surface area contributed by atoms with E-state index < -0.39 is 12.7 Å². The van der Waals surface area contributed by atoms with Gasteiger partial charge in [-0.15, -0.1) is 0 Å². The van der Waals surface area contributed by atoms with Gasteiger partial charge in [0, 0.05) is 6.54 Å². The van der Waals surface area contributed by atoms with Gasteiger partial charge in [-0.25, -0.2) is 0 Å². The van der Waals surface area contributed by atoms with E-state index in [9.17, 15) is 8.78 Å². The maximum Gasteiger partial charge on any atom is 0.387 e. The Morgan fingerprint density at radius 2 is 2.07 bits per heavy atom. The molecular weight excluding hydrogens is 204 g/mol. The van der Waals surface area contributed by atoms with E-state index in [1.54, 1.807) is 25.1 Å². The molecule has 2 N–H and O–H groups in total. The van der Waals surface area contributed by atoms with E-state index in [0.29, 0.717) is 5.69 Å². The first-order chi connectivity index (χ1) is 7.09. The van der Waals surface area contributed by atoms with Gasteiger partial charge in [-0.3, -0.25) is 0 Å². The highest BCUT2D eigenvalue weighted by atomic mass is 19.3. The van der Waals surface area contributed by atoms with Crippen LogP contribution < -0.4 is 10.1 Å². The number of alkyl halides is 2. The van der Waals surface area contributed by atoms with Crippen LogP contribution in [0.15, 0.2) is 24.3 Å². The van der Waals surface area contributed by atoms with Crippen LogP contribution in [0.4, 0.5) is 14.5 Å². The van der Waals surface area contributed by atoms with Crippen molar-refractivity contribution >= 4 is 5.69 Å². The lowest BCUT2D eigenvalue weighted by atomic mass is 10.3. The van der Waals surface area contributed by atoms with Crippen molar-refractivity contribution in [1.82, 2.24) is 0 Å². The van der Waals surface area contributed by atoms with Gasteiger partial charge < -0.3 is 15.2 Å². The quantitative estimate of drug-likeness (QED) is 0.793. The molecule has 0 bridgehead atoms. The Labute approximate surface area is 86.7 Å². The minimum absolute atomic E-state index is 0.0770. The summed E-state index contributed by atoms with van der Waals surface area (Å²) in [5.74, 6) is 0.0770. The fourth-order valence-electron chi connectivity index (χ4n) is 1.07. The Morgan fingerprint density at radius 1 is 1.40 bits per heavy atom. The number of nitrogens with one attached hydrogen (secondary N) is 1. The molecular formula is C10H13F2NO2. The maximum atomic E-state index is 12.0. The smallest absolute Gasteiger partial charge is 0.387 e. The van der Waals surface area contributed by atoms with Crippen molar-refractivity contribution in [3.63, 3.8) is 0 Å². The molecule has 1 atom stereocenters. The third-order valence-corrected chi connectivity index (χ3v) is 1.69. The molecule has 0 aliphatic rings. The van der Waals surface area contributed by atoms with Crippen molar-refractivity contribution in [3.8, 4) is 5.75 Å². The van der Waals surface area contributed by atoms with Gasteiger partial charge in [-0.05, 0) is 19.1 Å². The van der Waals surface area contributed by atoms with Gasteiger partial charge in [0.05, 0.1) is 11.8 Å².